The molecule has 1 N–H and O–H groups in total. The molecular weight excluding hydrogens is 348 g/mol. The molecule has 0 aliphatic carbocycles. The van der Waals surface area contributed by atoms with Crippen molar-refractivity contribution >= 4 is 22.5 Å². The van der Waals surface area contributed by atoms with Crippen molar-refractivity contribution < 1.29 is 8.78 Å². The van der Waals surface area contributed by atoms with E-state index in [1.165, 1.54) is 4.57 Å². The summed E-state index contributed by atoms with van der Waals surface area (Å²) in [4.78, 5) is 17.6. The fourth-order valence-corrected chi connectivity index (χ4v) is 3.46. The highest BCUT2D eigenvalue weighted by Gasteiger charge is 2.24. The summed E-state index contributed by atoms with van der Waals surface area (Å²) in [7, 11) is 0. The molecule has 4 nitrogen and oxygen atoms in total. The van der Waals surface area contributed by atoms with Gasteiger partial charge in [0.05, 0.1) is 27.7 Å². The van der Waals surface area contributed by atoms with E-state index in [4.69, 9.17) is 11.6 Å². The third-order valence-electron chi connectivity index (χ3n) is 4.35. The van der Waals surface area contributed by atoms with Crippen LogP contribution in [0.3, 0.4) is 0 Å². The first kappa shape index (κ1) is 16.2. The summed E-state index contributed by atoms with van der Waals surface area (Å²) in [5.41, 5.74) is 0.104. The molecule has 3 aromatic rings. The van der Waals surface area contributed by atoms with Crippen LogP contribution in [0.5, 0.6) is 0 Å². The second kappa shape index (κ2) is 6.20. The minimum absolute atomic E-state index is 0.112. The molecule has 25 heavy (non-hydrogen) atoms. The lowest BCUT2D eigenvalue weighted by Crippen LogP contribution is -2.29. The Kier molecular flexibility index (Phi) is 4.01. The summed E-state index contributed by atoms with van der Waals surface area (Å²) in [5, 5.41) is 3.94. The van der Waals surface area contributed by atoms with E-state index in [1.54, 1.807) is 18.2 Å². The topological polar surface area (TPSA) is 46.9 Å². The Hall–Kier alpha value is -2.31. The lowest BCUT2D eigenvalue weighted by atomic mass is 10.1. The van der Waals surface area contributed by atoms with E-state index < -0.39 is 17.2 Å². The molecule has 0 unspecified atom stereocenters. The van der Waals surface area contributed by atoms with Crippen LogP contribution in [-0.4, -0.2) is 16.1 Å². The van der Waals surface area contributed by atoms with Crippen LogP contribution in [0.1, 0.15) is 24.7 Å². The standard InChI is InChI=1S/C18H14ClF2N3O/c19-14-4-1-3-13-16(14)23-17(15-5-2-6-22-15)24(18(13)25)12-8-10(20)7-11(21)9-12/h1,3-4,7-9,15,22H,2,5-6H2/t15-/m0/s1. The average molecular weight is 362 g/mol. The predicted molar refractivity (Wildman–Crippen MR) is 92.2 cm³/mol. The average Bonchev–Trinajstić information content (AvgIpc) is 3.09. The Bertz CT molecular complexity index is 1010. The zero-order valence-electron chi connectivity index (χ0n) is 13.1. The van der Waals surface area contributed by atoms with E-state index >= 15 is 0 Å². The maximum absolute atomic E-state index is 13.7. The third kappa shape index (κ3) is 2.81. The van der Waals surface area contributed by atoms with Gasteiger partial charge in [0.2, 0.25) is 0 Å². The highest BCUT2D eigenvalue weighted by molar-refractivity contribution is 6.34. The molecule has 1 aromatic heterocycles. The molecule has 1 atom stereocenters. The Morgan fingerprint density at radius 1 is 1.20 bits per heavy atom. The highest BCUT2D eigenvalue weighted by atomic mass is 35.5. The molecule has 1 fully saturated rings. The van der Waals surface area contributed by atoms with Gasteiger partial charge in [-0.2, -0.15) is 0 Å². The zero-order valence-corrected chi connectivity index (χ0v) is 13.9. The summed E-state index contributed by atoms with van der Waals surface area (Å²) in [6.07, 6.45) is 1.71. The molecule has 0 bridgehead atoms. The van der Waals surface area contributed by atoms with Gasteiger partial charge in [0, 0.05) is 6.07 Å². The van der Waals surface area contributed by atoms with E-state index in [9.17, 15) is 13.6 Å². The van der Waals surface area contributed by atoms with E-state index in [1.807, 2.05) is 0 Å². The number of rotatable bonds is 2. The van der Waals surface area contributed by atoms with Gasteiger partial charge in [-0.15, -0.1) is 0 Å². The van der Waals surface area contributed by atoms with Gasteiger partial charge in [0.15, 0.2) is 0 Å². The Morgan fingerprint density at radius 2 is 1.96 bits per heavy atom. The second-order valence-corrected chi connectivity index (χ2v) is 6.43. The fraction of sp³-hybridized carbons (Fsp3) is 0.222. The van der Waals surface area contributed by atoms with Crippen molar-refractivity contribution in [3.8, 4) is 5.69 Å². The molecule has 128 valence electrons. The Labute approximate surface area is 147 Å². The predicted octanol–water partition coefficient (Wildman–Crippen LogP) is 3.74. The number of nitrogens with zero attached hydrogens (tertiary/aromatic N) is 2. The van der Waals surface area contributed by atoms with E-state index in [-0.39, 0.29) is 11.7 Å². The van der Waals surface area contributed by atoms with Gasteiger partial charge in [0.1, 0.15) is 17.5 Å². The number of hydrogen-bond acceptors (Lipinski definition) is 3. The van der Waals surface area contributed by atoms with E-state index in [0.717, 1.165) is 37.6 Å². The van der Waals surface area contributed by atoms with Gasteiger partial charge < -0.3 is 5.32 Å². The van der Waals surface area contributed by atoms with Gasteiger partial charge in [-0.05, 0) is 43.7 Å². The number of aromatic nitrogens is 2. The first-order chi connectivity index (χ1) is 12.0. The smallest absolute Gasteiger partial charge is 0.266 e. The third-order valence-corrected chi connectivity index (χ3v) is 4.66. The van der Waals surface area contributed by atoms with Crippen molar-refractivity contribution in [2.24, 2.45) is 0 Å². The van der Waals surface area contributed by atoms with Gasteiger partial charge >= 0.3 is 0 Å². The first-order valence-corrected chi connectivity index (χ1v) is 8.33. The molecule has 1 aliphatic heterocycles. The van der Waals surface area contributed by atoms with Gasteiger partial charge in [-0.3, -0.25) is 9.36 Å². The minimum Gasteiger partial charge on any atom is -0.307 e. The van der Waals surface area contributed by atoms with Crippen LogP contribution < -0.4 is 10.9 Å². The quantitative estimate of drug-likeness (QED) is 0.756. The van der Waals surface area contributed by atoms with Gasteiger partial charge in [0.25, 0.3) is 5.56 Å². The monoisotopic (exact) mass is 361 g/mol. The molecule has 1 aliphatic rings. The lowest BCUT2D eigenvalue weighted by molar-refractivity contribution is 0.568. The van der Waals surface area contributed by atoms with Crippen LogP contribution in [-0.2, 0) is 0 Å². The van der Waals surface area contributed by atoms with Crippen molar-refractivity contribution in [3.05, 3.63) is 69.2 Å². The lowest BCUT2D eigenvalue weighted by Gasteiger charge is -2.18. The van der Waals surface area contributed by atoms with E-state index in [2.05, 4.69) is 10.3 Å². The number of fused-ring (bicyclic) bond motifs is 1. The molecule has 0 spiro atoms. The van der Waals surface area contributed by atoms with Gasteiger partial charge in [-0.25, -0.2) is 13.8 Å². The number of nitrogens with one attached hydrogen (secondary N) is 1. The maximum atomic E-state index is 13.7. The van der Waals surface area contributed by atoms with Crippen molar-refractivity contribution in [1.82, 2.24) is 14.9 Å². The SMILES string of the molecule is O=c1c2cccc(Cl)c2nc([C@@H]2CCCN2)n1-c1cc(F)cc(F)c1. The van der Waals surface area contributed by atoms with Crippen LogP contribution in [0.4, 0.5) is 8.78 Å². The van der Waals surface area contributed by atoms with Gasteiger partial charge in [-0.1, -0.05) is 17.7 Å². The minimum atomic E-state index is -0.751. The number of para-hydroxylation sites is 1. The van der Waals surface area contributed by atoms with Crippen LogP contribution in [0.25, 0.3) is 16.6 Å². The molecule has 4 rings (SSSR count). The van der Waals surface area contributed by atoms with Crippen LogP contribution in [0.2, 0.25) is 5.02 Å². The molecule has 2 heterocycles. The number of halogens is 3. The van der Waals surface area contributed by atoms with Crippen molar-refractivity contribution in [1.29, 1.82) is 0 Å². The molecular formula is C18H14ClF2N3O. The molecule has 1 saturated heterocycles. The molecule has 0 radical (unpaired) electrons. The molecule has 2 aromatic carbocycles. The van der Waals surface area contributed by atoms with Crippen molar-refractivity contribution in [2.75, 3.05) is 6.54 Å². The summed E-state index contributed by atoms with van der Waals surface area (Å²) >= 11 is 6.21. The molecule has 0 amide bonds. The molecule has 0 saturated carbocycles. The Morgan fingerprint density at radius 3 is 2.64 bits per heavy atom. The van der Waals surface area contributed by atoms with Crippen LogP contribution in [0.15, 0.2) is 41.2 Å². The van der Waals surface area contributed by atoms with Crippen molar-refractivity contribution in [3.63, 3.8) is 0 Å². The fourth-order valence-electron chi connectivity index (χ4n) is 3.25. The number of benzene rings is 2. The Balaban J connectivity index is 2.08. The maximum Gasteiger partial charge on any atom is 0.266 e. The van der Waals surface area contributed by atoms with Crippen LogP contribution in [0, 0.1) is 11.6 Å². The first-order valence-electron chi connectivity index (χ1n) is 7.95. The van der Waals surface area contributed by atoms with Crippen molar-refractivity contribution in [2.45, 2.75) is 18.9 Å². The normalized spacial score (nSPS) is 17.3. The largest absolute Gasteiger partial charge is 0.307 e. The summed E-state index contributed by atoms with van der Waals surface area (Å²) in [6.45, 7) is 0.790. The number of hydrogen-bond donors (Lipinski definition) is 1. The molecule has 7 heteroatoms. The summed E-state index contributed by atoms with van der Waals surface area (Å²) in [5.74, 6) is -1.09. The summed E-state index contributed by atoms with van der Waals surface area (Å²) in [6, 6.07) is 7.76. The van der Waals surface area contributed by atoms with Crippen LogP contribution >= 0.6 is 11.6 Å². The second-order valence-electron chi connectivity index (χ2n) is 6.02. The van der Waals surface area contributed by atoms with E-state index in [0.29, 0.717) is 21.7 Å². The highest BCUT2D eigenvalue weighted by Crippen LogP contribution is 2.27. The zero-order chi connectivity index (χ0) is 17.6. The summed E-state index contributed by atoms with van der Waals surface area (Å²) < 4.78 is 28.7.